The van der Waals surface area contributed by atoms with Crippen LogP contribution in [0, 0.1) is 13.8 Å². The highest BCUT2D eigenvalue weighted by molar-refractivity contribution is 8.04. The Hall–Kier alpha value is -3.88. The van der Waals surface area contributed by atoms with Gasteiger partial charge in [0.15, 0.2) is 0 Å². The van der Waals surface area contributed by atoms with Crippen molar-refractivity contribution in [2.75, 3.05) is 30.9 Å². The lowest BCUT2D eigenvalue weighted by Gasteiger charge is -2.15. The van der Waals surface area contributed by atoms with Gasteiger partial charge in [-0.15, -0.1) is 0 Å². The minimum atomic E-state index is -0.348. The van der Waals surface area contributed by atoms with Crippen LogP contribution in [0.15, 0.2) is 88.3 Å². The van der Waals surface area contributed by atoms with Crippen molar-refractivity contribution in [3.05, 3.63) is 100 Å². The quantitative estimate of drug-likeness (QED) is 0.225. The molecular weight excluding hydrogens is 510 g/mol. The molecule has 0 aromatic heterocycles. The topological polar surface area (TPSA) is 87.7 Å². The molecule has 2 N–H and O–H groups in total. The fourth-order valence-electron chi connectivity index (χ4n) is 4.14. The molecule has 0 aliphatic carbocycles. The second kappa shape index (κ2) is 13.3. The van der Waals surface area contributed by atoms with Crippen LogP contribution in [0.5, 0.6) is 0 Å². The third kappa shape index (κ3) is 7.37. The smallest absolute Gasteiger partial charge is 0.278 e. The summed E-state index contributed by atoms with van der Waals surface area (Å²) < 4.78 is 5.10. The van der Waals surface area contributed by atoms with E-state index in [1.54, 1.807) is 19.2 Å². The van der Waals surface area contributed by atoms with Gasteiger partial charge in [-0.25, -0.2) is 0 Å². The summed E-state index contributed by atoms with van der Waals surface area (Å²) in [5.74, 6) is -0.741. The van der Waals surface area contributed by atoms with E-state index < -0.39 is 0 Å². The first-order chi connectivity index (χ1) is 18.9. The molecule has 8 heteroatoms. The van der Waals surface area contributed by atoms with E-state index in [0.717, 1.165) is 27.3 Å². The number of carbonyl (C=O) groups is 3. The van der Waals surface area contributed by atoms with Gasteiger partial charge in [0.25, 0.3) is 11.8 Å². The normalized spacial score (nSPS) is 13.3. The zero-order chi connectivity index (χ0) is 27.8. The minimum absolute atomic E-state index is 0.0647. The van der Waals surface area contributed by atoms with Crippen LogP contribution in [0.3, 0.4) is 0 Å². The Morgan fingerprint density at radius 1 is 0.897 bits per heavy atom. The Morgan fingerprint density at radius 2 is 1.62 bits per heavy atom. The van der Waals surface area contributed by atoms with Crippen LogP contribution in [-0.2, 0) is 25.5 Å². The van der Waals surface area contributed by atoms with Gasteiger partial charge < -0.3 is 15.4 Å². The number of aryl methyl sites for hydroxylation is 3. The molecule has 0 bridgehead atoms. The van der Waals surface area contributed by atoms with Crippen molar-refractivity contribution in [2.24, 2.45) is 0 Å². The molecule has 39 heavy (non-hydrogen) atoms. The molecular formula is C31H33N3O4S. The van der Waals surface area contributed by atoms with Crippen LogP contribution in [0.1, 0.15) is 29.5 Å². The Kier molecular flexibility index (Phi) is 9.57. The van der Waals surface area contributed by atoms with Crippen LogP contribution >= 0.6 is 11.8 Å². The molecule has 0 atom stereocenters. The maximum absolute atomic E-state index is 13.3. The van der Waals surface area contributed by atoms with Crippen LogP contribution in [0.2, 0.25) is 0 Å². The van der Waals surface area contributed by atoms with Crippen LogP contribution < -0.4 is 10.6 Å². The number of thioether (sulfide) groups is 1. The third-order valence-corrected chi connectivity index (χ3v) is 7.56. The maximum atomic E-state index is 13.3. The predicted molar refractivity (Wildman–Crippen MR) is 155 cm³/mol. The first kappa shape index (κ1) is 28.1. The number of nitrogens with one attached hydrogen (secondary N) is 2. The lowest BCUT2D eigenvalue weighted by Crippen LogP contribution is -2.33. The molecule has 0 spiro atoms. The molecule has 3 aromatic carbocycles. The highest BCUT2D eigenvalue weighted by Gasteiger charge is 2.38. The largest absolute Gasteiger partial charge is 0.385 e. The number of imide groups is 1. The van der Waals surface area contributed by atoms with Crippen molar-refractivity contribution in [1.82, 2.24) is 4.90 Å². The number of benzene rings is 3. The van der Waals surface area contributed by atoms with E-state index in [0.29, 0.717) is 36.5 Å². The van der Waals surface area contributed by atoms with Crippen LogP contribution in [0.4, 0.5) is 11.4 Å². The van der Waals surface area contributed by atoms with Crippen molar-refractivity contribution in [3.8, 4) is 0 Å². The van der Waals surface area contributed by atoms with E-state index in [1.807, 2.05) is 74.5 Å². The third-order valence-electron chi connectivity index (χ3n) is 6.47. The first-order valence-electron chi connectivity index (χ1n) is 12.9. The zero-order valence-electron chi connectivity index (χ0n) is 22.5. The number of rotatable bonds is 12. The molecule has 1 aliphatic rings. The standard InChI is InChI=1S/C31H33N3O4S/c1-21-10-12-25(20-22(21)2)33-28-29(31(37)34(30(28)36)18-7-19-38-3)39-26-15-13-24(14-16-26)32-27(35)17-11-23-8-5-4-6-9-23/h4-6,8-10,12-16,20,33H,7,11,17-19H2,1-3H3,(H,32,35). The maximum Gasteiger partial charge on any atom is 0.278 e. The molecule has 1 heterocycles. The highest BCUT2D eigenvalue weighted by Crippen LogP contribution is 2.36. The fourth-order valence-corrected chi connectivity index (χ4v) is 5.09. The number of methoxy groups -OCH3 is 1. The Labute approximate surface area is 233 Å². The molecule has 0 unspecified atom stereocenters. The van der Waals surface area contributed by atoms with E-state index in [1.165, 1.54) is 16.7 Å². The van der Waals surface area contributed by atoms with Gasteiger partial charge in [0.2, 0.25) is 5.91 Å². The van der Waals surface area contributed by atoms with Gasteiger partial charge in [-0.1, -0.05) is 48.2 Å². The number of nitrogens with zero attached hydrogens (tertiary/aromatic N) is 1. The van der Waals surface area contributed by atoms with E-state index in [-0.39, 0.29) is 30.0 Å². The molecule has 0 saturated heterocycles. The highest BCUT2D eigenvalue weighted by atomic mass is 32.2. The molecule has 3 amide bonds. The average Bonchev–Trinajstić information content (AvgIpc) is 3.15. The number of carbonyl (C=O) groups excluding carboxylic acids is 3. The van der Waals surface area contributed by atoms with Crippen molar-refractivity contribution < 1.29 is 19.1 Å². The SMILES string of the molecule is COCCCN1C(=O)C(Nc2ccc(C)c(C)c2)=C(Sc2ccc(NC(=O)CCc3ccccc3)cc2)C1=O. The van der Waals surface area contributed by atoms with Crippen molar-refractivity contribution >= 4 is 40.9 Å². The number of ether oxygens (including phenoxy) is 1. The Morgan fingerprint density at radius 3 is 2.31 bits per heavy atom. The fraction of sp³-hybridized carbons (Fsp3) is 0.258. The van der Waals surface area contributed by atoms with Gasteiger partial charge >= 0.3 is 0 Å². The number of anilines is 2. The Bertz CT molecular complexity index is 1370. The lowest BCUT2D eigenvalue weighted by molar-refractivity contribution is -0.137. The van der Waals surface area contributed by atoms with Gasteiger partial charge in [-0.3, -0.25) is 19.3 Å². The van der Waals surface area contributed by atoms with Crippen molar-refractivity contribution in [3.63, 3.8) is 0 Å². The number of hydrogen-bond acceptors (Lipinski definition) is 6. The summed E-state index contributed by atoms with van der Waals surface area (Å²) in [6.45, 7) is 4.77. The second-order valence-electron chi connectivity index (χ2n) is 9.40. The molecule has 0 radical (unpaired) electrons. The first-order valence-corrected chi connectivity index (χ1v) is 13.7. The molecule has 202 valence electrons. The average molecular weight is 544 g/mol. The molecule has 7 nitrogen and oxygen atoms in total. The molecule has 3 aromatic rings. The summed E-state index contributed by atoms with van der Waals surface area (Å²) in [5, 5.41) is 6.13. The van der Waals surface area contributed by atoms with E-state index in [4.69, 9.17) is 4.74 Å². The summed E-state index contributed by atoms with van der Waals surface area (Å²) in [5.41, 5.74) is 5.04. The summed E-state index contributed by atoms with van der Waals surface area (Å²) in [7, 11) is 1.59. The summed E-state index contributed by atoms with van der Waals surface area (Å²) in [6.07, 6.45) is 1.61. The molecule has 4 rings (SSSR count). The summed E-state index contributed by atoms with van der Waals surface area (Å²) in [4.78, 5) is 41.4. The Balaban J connectivity index is 1.47. The van der Waals surface area contributed by atoms with Crippen molar-refractivity contribution in [1.29, 1.82) is 0 Å². The van der Waals surface area contributed by atoms with Gasteiger partial charge in [0.05, 0.1) is 0 Å². The van der Waals surface area contributed by atoms with Gasteiger partial charge in [-0.2, -0.15) is 0 Å². The minimum Gasteiger partial charge on any atom is -0.385 e. The molecule has 1 aliphatic heterocycles. The van der Waals surface area contributed by atoms with Gasteiger partial charge in [0, 0.05) is 43.0 Å². The monoisotopic (exact) mass is 543 g/mol. The van der Waals surface area contributed by atoms with E-state index in [9.17, 15) is 14.4 Å². The van der Waals surface area contributed by atoms with E-state index >= 15 is 0 Å². The zero-order valence-corrected chi connectivity index (χ0v) is 23.3. The lowest BCUT2D eigenvalue weighted by atomic mass is 10.1. The van der Waals surface area contributed by atoms with Gasteiger partial charge in [-0.05, 0) is 79.8 Å². The number of amides is 3. The predicted octanol–water partition coefficient (Wildman–Crippen LogP) is 5.70. The van der Waals surface area contributed by atoms with Crippen LogP contribution in [0.25, 0.3) is 0 Å². The summed E-state index contributed by atoms with van der Waals surface area (Å²) >= 11 is 1.24. The number of hydrogen-bond donors (Lipinski definition) is 2. The van der Waals surface area contributed by atoms with Gasteiger partial charge in [0.1, 0.15) is 10.6 Å². The van der Waals surface area contributed by atoms with Crippen LogP contribution in [-0.4, -0.2) is 42.9 Å². The second-order valence-corrected chi connectivity index (χ2v) is 10.5. The van der Waals surface area contributed by atoms with Crippen molar-refractivity contribution in [2.45, 2.75) is 38.0 Å². The molecule has 0 fully saturated rings. The summed E-state index contributed by atoms with van der Waals surface area (Å²) in [6, 6.07) is 23.0. The molecule has 0 saturated carbocycles. The van der Waals surface area contributed by atoms with E-state index in [2.05, 4.69) is 10.6 Å².